The van der Waals surface area contributed by atoms with Crippen molar-refractivity contribution in [1.82, 2.24) is 10.6 Å². The Bertz CT molecular complexity index is 404. The lowest BCUT2D eigenvalue weighted by Crippen LogP contribution is -2.54. The summed E-state index contributed by atoms with van der Waals surface area (Å²) in [6, 6.07) is 0. The molecule has 0 aliphatic carbocycles. The standard InChI is InChI=1S/C13H23N3O3S/c1-12(2,10(17)15-3)8-16-11(18)13(9(14)20)4-6-19-7-5-13/h4-8H2,1-3H3,(H2,14,20)(H,15,17)(H,16,18). The highest BCUT2D eigenvalue weighted by Crippen LogP contribution is 2.31. The summed E-state index contributed by atoms with van der Waals surface area (Å²) < 4.78 is 5.27. The van der Waals surface area contributed by atoms with E-state index in [1.54, 1.807) is 20.9 Å². The normalized spacial score (nSPS) is 18.1. The molecule has 2 amide bonds. The number of nitrogens with one attached hydrogen (secondary N) is 2. The van der Waals surface area contributed by atoms with Gasteiger partial charge in [-0.1, -0.05) is 12.2 Å². The van der Waals surface area contributed by atoms with Crippen molar-refractivity contribution in [3.8, 4) is 0 Å². The minimum Gasteiger partial charge on any atom is -0.392 e. The summed E-state index contributed by atoms with van der Waals surface area (Å²) in [7, 11) is 1.57. The lowest BCUT2D eigenvalue weighted by Gasteiger charge is -2.35. The summed E-state index contributed by atoms with van der Waals surface area (Å²) >= 11 is 5.07. The molecule has 1 fully saturated rings. The molecule has 0 aromatic heterocycles. The van der Waals surface area contributed by atoms with Gasteiger partial charge in [0, 0.05) is 26.8 Å². The van der Waals surface area contributed by atoms with E-state index in [9.17, 15) is 9.59 Å². The number of ether oxygens (including phenoxy) is 1. The van der Waals surface area contributed by atoms with Gasteiger partial charge in [0.2, 0.25) is 11.8 Å². The summed E-state index contributed by atoms with van der Waals surface area (Å²) in [5.74, 6) is -0.348. The van der Waals surface area contributed by atoms with Crippen LogP contribution in [0.25, 0.3) is 0 Å². The van der Waals surface area contributed by atoms with Crippen LogP contribution >= 0.6 is 12.2 Å². The maximum absolute atomic E-state index is 12.5. The number of thiocarbonyl (C=S) groups is 1. The zero-order chi connectivity index (χ0) is 15.4. The number of amides is 2. The Balaban J connectivity index is 2.73. The molecule has 0 bridgehead atoms. The highest BCUT2D eigenvalue weighted by molar-refractivity contribution is 7.80. The van der Waals surface area contributed by atoms with Crippen molar-refractivity contribution in [2.24, 2.45) is 16.6 Å². The van der Waals surface area contributed by atoms with Crippen molar-refractivity contribution >= 4 is 29.0 Å². The number of rotatable bonds is 5. The Labute approximate surface area is 124 Å². The van der Waals surface area contributed by atoms with E-state index in [0.29, 0.717) is 26.1 Å². The van der Waals surface area contributed by atoms with Gasteiger partial charge in [0.15, 0.2) is 0 Å². The molecule has 7 heteroatoms. The number of hydrogen-bond donors (Lipinski definition) is 3. The SMILES string of the molecule is CNC(=O)C(C)(C)CNC(=O)C1(C(N)=S)CCOCC1. The number of nitrogens with two attached hydrogens (primary N) is 1. The second-order valence-corrected chi connectivity index (χ2v) is 6.14. The molecule has 6 nitrogen and oxygen atoms in total. The summed E-state index contributed by atoms with van der Waals surface area (Å²) in [4.78, 5) is 24.3. The van der Waals surface area contributed by atoms with Gasteiger partial charge in [-0.2, -0.15) is 0 Å². The van der Waals surface area contributed by atoms with Gasteiger partial charge in [0.1, 0.15) is 5.41 Å². The lowest BCUT2D eigenvalue weighted by molar-refractivity contribution is -0.133. The molecule has 0 saturated carbocycles. The van der Waals surface area contributed by atoms with Crippen molar-refractivity contribution in [2.75, 3.05) is 26.8 Å². The highest BCUT2D eigenvalue weighted by atomic mass is 32.1. The van der Waals surface area contributed by atoms with Crippen LogP contribution in [0.5, 0.6) is 0 Å². The Hall–Kier alpha value is -1.21. The fraction of sp³-hybridized carbons (Fsp3) is 0.769. The van der Waals surface area contributed by atoms with E-state index in [0.717, 1.165) is 0 Å². The molecule has 114 valence electrons. The zero-order valence-electron chi connectivity index (χ0n) is 12.2. The summed E-state index contributed by atoms with van der Waals surface area (Å²) in [5.41, 5.74) is 4.22. The van der Waals surface area contributed by atoms with E-state index in [1.165, 1.54) is 0 Å². The van der Waals surface area contributed by atoms with Crippen molar-refractivity contribution in [2.45, 2.75) is 26.7 Å². The van der Waals surface area contributed by atoms with Crippen molar-refractivity contribution < 1.29 is 14.3 Å². The van der Waals surface area contributed by atoms with Crippen LogP contribution in [0.2, 0.25) is 0 Å². The summed E-state index contributed by atoms with van der Waals surface area (Å²) in [6.07, 6.45) is 0.961. The van der Waals surface area contributed by atoms with Crippen LogP contribution in [-0.4, -0.2) is 43.6 Å². The summed E-state index contributed by atoms with van der Waals surface area (Å²) in [5, 5.41) is 5.39. The van der Waals surface area contributed by atoms with Crippen LogP contribution in [0.1, 0.15) is 26.7 Å². The van der Waals surface area contributed by atoms with Gasteiger partial charge < -0.3 is 21.1 Å². The molecule has 0 atom stereocenters. The molecule has 0 radical (unpaired) electrons. The Morgan fingerprint density at radius 3 is 2.35 bits per heavy atom. The minimum atomic E-state index is -0.855. The molecule has 0 unspecified atom stereocenters. The molecule has 1 heterocycles. The predicted octanol–water partition coefficient (Wildman–Crippen LogP) is -0.0423. The maximum atomic E-state index is 12.5. The lowest BCUT2D eigenvalue weighted by atomic mass is 9.78. The fourth-order valence-electron chi connectivity index (χ4n) is 2.19. The maximum Gasteiger partial charge on any atom is 0.233 e. The molecule has 1 aliphatic heterocycles. The van der Waals surface area contributed by atoms with Crippen molar-refractivity contribution in [1.29, 1.82) is 0 Å². The second-order valence-electron chi connectivity index (χ2n) is 5.70. The van der Waals surface area contributed by atoms with E-state index in [4.69, 9.17) is 22.7 Å². The molecule has 0 aromatic rings. The van der Waals surface area contributed by atoms with Gasteiger partial charge in [-0.3, -0.25) is 9.59 Å². The van der Waals surface area contributed by atoms with Gasteiger partial charge in [0.25, 0.3) is 0 Å². The van der Waals surface area contributed by atoms with Crippen LogP contribution in [0.3, 0.4) is 0 Å². The van der Waals surface area contributed by atoms with E-state index in [-0.39, 0.29) is 23.3 Å². The summed E-state index contributed by atoms with van der Waals surface area (Å²) in [6.45, 7) is 4.69. The Kier molecular flexibility index (Phi) is 5.47. The molecule has 1 saturated heterocycles. The van der Waals surface area contributed by atoms with E-state index >= 15 is 0 Å². The zero-order valence-corrected chi connectivity index (χ0v) is 13.1. The van der Waals surface area contributed by atoms with Crippen molar-refractivity contribution in [3.63, 3.8) is 0 Å². The quantitative estimate of drug-likeness (QED) is 0.620. The minimum absolute atomic E-state index is 0.130. The molecule has 0 aromatic carbocycles. The number of carbonyl (C=O) groups is 2. The smallest absolute Gasteiger partial charge is 0.233 e. The van der Waals surface area contributed by atoms with E-state index in [2.05, 4.69) is 10.6 Å². The van der Waals surface area contributed by atoms with Crippen molar-refractivity contribution in [3.05, 3.63) is 0 Å². The Morgan fingerprint density at radius 2 is 1.90 bits per heavy atom. The third kappa shape index (κ3) is 3.46. The highest BCUT2D eigenvalue weighted by Gasteiger charge is 2.43. The average Bonchev–Trinajstić information content (AvgIpc) is 2.44. The molecule has 4 N–H and O–H groups in total. The van der Waals surface area contributed by atoms with Gasteiger partial charge in [-0.05, 0) is 26.7 Å². The van der Waals surface area contributed by atoms with Gasteiger partial charge in [0.05, 0.1) is 10.4 Å². The van der Waals surface area contributed by atoms with E-state index < -0.39 is 10.8 Å². The second kappa shape index (κ2) is 6.49. The predicted molar refractivity (Wildman–Crippen MR) is 80.1 cm³/mol. The van der Waals surface area contributed by atoms with Crippen LogP contribution < -0.4 is 16.4 Å². The number of hydrogen-bond acceptors (Lipinski definition) is 4. The number of carbonyl (C=O) groups excluding carboxylic acids is 2. The first kappa shape index (κ1) is 16.8. The third-order valence-electron chi connectivity index (χ3n) is 3.79. The van der Waals surface area contributed by atoms with Crippen LogP contribution in [0.4, 0.5) is 0 Å². The molecule has 20 heavy (non-hydrogen) atoms. The average molecular weight is 301 g/mol. The first-order valence-corrected chi connectivity index (χ1v) is 7.05. The molecule has 1 rings (SSSR count). The largest absolute Gasteiger partial charge is 0.392 e. The topological polar surface area (TPSA) is 93.5 Å². The van der Waals surface area contributed by atoms with Crippen LogP contribution in [0.15, 0.2) is 0 Å². The molecule has 1 aliphatic rings. The van der Waals surface area contributed by atoms with Gasteiger partial charge >= 0.3 is 0 Å². The molecule has 0 spiro atoms. The van der Waals surface area contributed by atoms with Gasteiger partial charge in [-0.15, -0.1) is 0 Å². The van der Waals surface area contributed by atoms with Crippen LogP contribution in [-0.2, 0) is 14.3 Å². The van der Waals surface area contributed by atoms with Crippen LogP contribution in [0, 0.1) is 10.8 Å². The van der Waals surface area contributed by atoms with E-state index in [1.807, 2.05) is 0 Å². The molecular weight excluding hydrogens is 278 g/mol. The third-order valence-corrected chi connectivity index (χ3v) is 4.18. The first-order valence-electron chi connectivity index (χ1n) is 6.64. The monoisotopic (exact) mass is 301 g/mol. The fourth-order valence-corrected chi connectivity index (χ4v) is 2.49. The first-order chi connectivity index (χ1) is 9.26. The van der Waals surface area contributed by atoms with Gasteiger partial charge in [-0.25, -0.2) is 0 Å². The molecular formula is C13H23N3O3S. The Morgan fingerprint density at radius 1 is 1.35 bits per heavy atom.